The summed E-state index contributed by atoms with van der Waals surface area (Å²) in [5.41, 5.74) is 7.04. The Labute approximate surface area is 123 Å². The predicted octanol–water partition coefficient (Wildman–Crippen LogP) is 2.20. The largest absolute Gasteiger partial charge is 0.497 e. The summed E-state index contributed by atoms with van der Waals surface area (Å²) in [7, 11) is 1.60. The second-order valence-corrected chi connectivity index (χ2v) is 4.37. The highest BCUT2D eigenvalue weighted by Gasteiger charge is 2.21. The number of carbonyl (C=O) groups excluding carboxylic acids is 1. The number of methoxy groups -OCH3 is 1. The number of hydrogen-bond donors (Lipinski definition) is 1. The van der Waals surface area contributed by atoms with Crippen molar-refractivity contribution in [3.63, 3.8) is 0 Å². The van der Waals surface area contributed by atoms with Gasteiger partial charge in [-0.05, 0) is 19.1 Å². The number of aromatic nitrogens is 2. The number of benzene rings is 1. The van der Waals surface area contributed by atoms with E-state index in [0.717, 1.165) is 5.69 Å². The number of rotatable bonds is 5. The minimum absolute atomic E-state index is 0.150. The number of ether oxygens (including phenoxy) is 2. The predicted molar refractivity (Wildman–Crippen MR) is 79.9 cm³/mol. The number of aryl methyl sites for hydroxylation is 1. The molecule has 0 radical (unpaired) electrons. The van der Waals surface area contributed by atoms with E-state index in [2.05, 4.69) is 4.98 Å². The van der Waals surface area contributed by atoms with E-state index < -0.39 is 5.97 Å². The zero-order valence-corrected chi connectivity index (χ0v) is 12.4. The van der Waals surface area contributed by atoms with Crippen LogP contribution in [0.5, 0.6) is 5.75 Å². The molecular weight excluding hydrogens is 270 g/mol. The van der Waals surface area contributed by atoms with Crippen molar-refractivity contribution >= 4 is 11.8 Å². The van der Waals surface area contributed by atoms with Gasteiger partial charge >= 0.3 is 5.97 Å². The fourth-order valence-corrected chi connectivity index (χ4v) is 2.11. The van der Waals surface area contributed by atoms with Gasteiger partial charge in [0, 0.05) is 12.5 Å². The first-order valence-corrected chi connectivity index (χ1v) is 6.81. The topological polar surface area (TPSA) is 79.4 Å². The summed E-state index contributed by atoms with van der Waals surface area (Å²) in [4.78, 5) is 16.2. The minimum Gasteiger partial charge on any atom is -0.497 e. The first-order chi connectivity index (χ1) is 10.1. The van der Waals surface area contributed by atoms with Crippen molar-refractivity contribution in [3.05, 3.63) is 35.8 Å². The molecule has 0 aliphatic carbocycles. The smallest absolute Gasteiger partial charge is 0.360 e. The SMILES string of the molecule is CCOC(=O)c1nc(CC)n(-c2cccc(OC)c2)c1N. The van der Waals surface area contributed by atoms with Crippen LogP contribution >= 0.6 is 0 Å². The third-order valence-electron chi connectivity index (χ3n) is 3.08. The molecule has 1 aromatic heterocycles. The van der Waals surface area contributed by atoms with Crippen molar-refractivity contribution in [2.24, 2.45) is 0 Å². The molecule has 0 saturated heterocycles. The Morgan fingerprint density at radius 1 is 1.38 bits per heavy atom. The first kappa shape index (κ1) is 14.9. The number of anilines is 1. The van der Waals surface area contributed by atoms with Gasteiger partial charge in [-0.3, -0.25) is 4.57 Å². The maximum absolute atomic E-state index is 11.9. The van der Waals surface area contributed by atoms with Crippen LogP contribution in [0.1, 0.15) is 30.2 Å². The average molecular weight is 289 g/mol. The highest BCUT2D eigenvalue weighted by molar-refractivity contribution is 5.92. The maximum Gasteiger partial charge on any atom is 0.360 e. The molecule has 0 saturated carbocycles. The molecule has 0 aliphatic rings. The molecule has 0 aliphatic heterocycles. The normalized spacial score (nSPS) is 10.4. The molecule has 0 atom stereocenters. The molecule has 1 aromatic carbocycles. The van der Waals surface area contributed by atoms with Crippen LogP contribution < -0.4 is 10.5 Å². The third kappa shape index (κ3) is 2.84. The lowest BCUT2D eigenvalue weighted by molar-refractivity contribution is 0.0521. The van der Waals surface area contributed by atoms with E-state index in [1.54, 1.807) is 18.6 Å². The molecule has 2 aromatic rings. The molecule has 0 bridgehead atoms. The summed E-state index contributed by atoms with van der Waals surface area (Å²) in [5, 5.41) is 0. The van der Waals surface area contributed by atoms with E-state index in [1.165, 1.54) is 0 Å². The summed E-state index contributed by atoms with van der Waals surface area (Å²) in [6, 6.07) is 7.42. The zero-order chi connectivity index (χ0) is 15.4. The van der Waals surface area contributed by atoms with Crippen LogP contribution in [-0.4, -0.2) is 29.2 Å². The number of hydrogen-bond acceptors (Lipinski definition) is 5. The van der Waals surface area contributed by atoms with Crippen molar-refractivity contribution in [1.29, 1.82) is 0 Å². The number of carbonyl (C=O) groups is 1. The standard InChI is InChI=1S/C15H19N3O3/c1-4-12-17-13(15(19)21-5-2)14(16)18(12)10-7-6-8-11(9-10)20-3/h6-9H,4-5,16H2,1-3H3. The number of nitrogens with two attached hydrogens (primary N) is 1. The summed E-state index contributed by atoms with van der Waals surface area (Å²) < 4.78 is 11.9. The number of nitrogen functional groups attached to an aromatic ring is 1. The fraction of sp³-hybridized carbons (Fsp3) is 0.333. The molecule has 6 nitrogen and oxygen atoms in total. The highest BCUT2D eigenvalue weighted by atomic mass is 16.5. The first-order valence-electron chi connectivity index (χ1n) is 6.81. The zero-order valence-electron chi connectivity index (χ0n) is 12.4. The van der Waals surface area contributed by atoms with Gasteiger partial charge in [0.05, 0.1) is 19.4 Å². The Morgan fingerprint density at radius 2 is 2.14 bits per heavy atom. The lowest BCUT2D eigenvalue weighted by Gasteiger charge is -2.10. The summed E-state index contributed by atoms with van der Waals surface area (Å²) in [5.74, 6) is 1.18. The number of nitrogens with zero attached hydrogens (tertiary/aromatic N) is 2. The Balaban J connectivity index is 2.54. The van der Waals surface area contributed by atoms with Crippen LogP contribution in [-0.2, 0) is 11.2 Å². The Hall–Kier alpha value is -2.50. The van der Waals surface area contributed by atoms with Gasteiger partial charge in [-0.25, -0.2) is 9.78 Å². The molecule has 2 N–H and O–H groups in total. The van der Waals surface area contributed by atoms with Crippen molar-refractivity contribution < 1.29 is 14.3 Å². The Morgan fingerprint density at radius 3 is 2.76 bits per heavy atom. The van der Waals surface area contributed by atoms with Gasteiger partial charge in [0.1, 0.15) is 17.4 Å². The summed E-state index contributed by atoms with van der Waals surface area (Å²) in [6.45, 7) is 3.98. The van der Waals surface area contributed by atoms with Gasteiger partial charge in [0.2, 0.25) is 0 Å². The van der Waals surface area contributed by atoms with Crippen LogP contribution in [0.25, 0.3) is 5.69 Å². The Bertz CT molecular complexity index is 650. The van der Waals surface area contributed by atoms with Crippen LogP contribution in [0, 0.1) is 0 Å². The van der Waals surface area contributed by atoms with Crippen molar-refractivity contribution in [3.8, 4) is 11.4 Å². The molecule has 0 fully saturated rings. The van der Waals surface area contributed by atoms with E-state index in [-0.39, 0.29) is 18.1 Å². The second-order valence-electron chi connectivity index (χ2n) is 4.37. The summed E-state index contributed by atoms with van der Waals surface area (Å²) >= 11 is 0. The number of imidazole rings is 1. The van der Waals surface area contributed by atoms with E-state index in [0.29, 0.717) is 18.0 Å². The van der Waals surface area contributed by atoms with Crippen molar-refractivity contribution in [1.82, 2.24) is 9.55 Å². The van der Waals surface area contributed by atoms with Gasteiger partial charge in [-0.2, -0.15) is 0 Å². The van der Waals surface area contributed by atoms with Crippen LogP contribution in [0.3, 0.4) is 0 Å². The molecule has 1 heterocycles. The molecule has 21 heavy (non-hydrogen) atoms. The number of esters is 1. The van der Waals surface area contributed by atoms with Crippen LogP contribution in [0.4, 0.5) is 5.82 Å². The van der Waals surface area contributed by atoms with E-state index in [4.69, 9.17) is 15.2 Å². The Kier molecular flexibility index (Phi) is 4.47. The molecule has 0 spiro atoms. The highest BCUT2D eigenvalue weighted by Crippen LogP contribution is 2.24. The second kappa shape index (κ2) is 6.30. The lowest BCUT2D eigenvalue weighted by Crippen LogP contribution is -2.09. The molecule has 0 amide bonds. The third-order valence-corrected chi connectivity index (χ3v) is 3.08. The molecule has 2 rings (SSSR count). The lowest BCUT2D eigenvalue weighted by atomic mass is 10.3. The van der Waals surface area contributed by atoms with Gasteiger partial charge in [-0.1, -0.05) is 13.0 Å². The van der Waals surface area contributed by atoms with Crippen LogP contribution in [0.2, 0.25) is 0 Å². The molecular formula is C15H19N3O3. The molecule has 6 heteroatoms. The van der Waals surface area contributed by atoms with Gasteiger partial charge in [0.25, 0.3) is 0 Å². The van der Waals surface area contributed by atoms with E-state index >= 15 is 0 Å². The minimum atomic E-state index is -0.508. The van der Waals surface area contributed by atoms with Gasteiger partial charge in [-0.15, -0.1) is 0 Å². The van der Waals surface area contributed by atoms with E-state index in [1.807, 2.05) is 31.2 Å². The van der Waals surface area contributed by atoms with Crippen molar-refractivity contribution in [2.45, 2.75) is 20.3 Å². The summed E-state index contributed by atoms with van der Waals surface area (Å²) in [6.07, 6.45) is 0.640. The molecule has 0 unspecified atom stereocenters. The average Bonchev–Trinajstić information content (AvgIpc) is 2.84. The van der Waals surface area contributed by atoms with Crippen molar-refractivity contribution in [2.75, 3.05) is 19.5 Å². The fourth-order valence-electron chi connectivity index (χ4n) is 2.11. The molecule has 112 valence electrons. The van der Waals surface area contributed by atoms with Crippen LogP contribution in [0.15, 0.2) is 24.3 Å². The maximum atomic E-state index is 11.9. The quantitative estimate of drug-likeness (QED) is 0.854. The van der Waals surface area contributed by atoms with Gasteiger partial charge < -0.3 is 15.2 Å². The van der Waals surface area contributed by atoms with E-state index in [9.17, 15) is 4.79 Å². The van der Waals surface area contributed by atoms with Gasteiger partial charge in [0.15, 0.2) is 5.69 Å². The monoisotopic (exact) mass is 289 g/mol.